The minimum atomic E-state index is -3.79. The molecule has 0 unspecified atom stereocenters. The summed E-state index contributed by atoms with van der Waals surface area (Å²) in [5.74, 6) is 0.160. The number of halogens is 2. The van der Waals surface area contributed by atoms with Gasteiger partial charge in [-0.05, 0) is 57.9 Å². The van der Waals surface area contributed by atoms with Gasteiger partial charge in [-0.3, -0.25) is 0 Å². The van der Waals surface area contributed by atoms with Crippen molar-refractivity contribution >= 4 is 48.1 Å². The summed E-state index contributed by atoms with van der Waals surface area (Å²) in [6.07, 6.45) is 1.20. The van der Waals surface area contributed by atoms with Crippen LogP contribution in [0.5, 0.6) is 11.5 Å². The molecule has 8 heteroatoms. The molecule has 0 aliphatic heterocycles. The van der Waals surface area contributed by atoms with Crippen molar-refractivity contribution in [2.75, 3.05) is 7.11 Å². The summed E-state index contributed by atoms with van der Waals surface area (Å²) in [7, 11) is -2.38. The maximum absolute atomic E-state index is 12.1. The van der Waals surface area contributed by atoms with Crippen molar-refractivity contribution in [3.05, 3.63) is 50.9 Å². The number of aromatic hydroxyl groups is 1. The van der Waals surface area contributed by atoms with Crippen LogP contribution < -0.4 is 4.74 Å². The molecule has 0 saturated heterocycles. The molecule has 0 fully saturated rings. The summed E-state index contributed by atoms with van der Waals surface area (Å²) >= 11 is 6.41. The Bertz CT molecular complexity index is 817. The monoisotopic (exact) mass is 447 g/mol. The number of phenols is 1. The highest BCUT2D eigenvalue weighted by atomic mass is 79.9. The number of benzene rings is 2. The largest absolute Gasteiger partial charge is 0.503 e. The van der Waals surface area contributed by atoms with Crippen molar-refractivity contribution in [2.24, 2.45) is 4.40 Å². The summed E-state index contributed by atoms with van der Waals surface area (Å²) in [4.78, 5) is 0.0942. The number of nitrogens with zero attached hydrogens (tertiary/aromatic N) is 1. The molecule has 0 aromatic heterocycles. The van der Waals surface area contributed by atoms with Crippen molar-refractivity contribution in [1.82, 2.24) is 0 Å². The Balaban J connectivity index is 2.35. The standard InChI is InChI=1S/C14H11Br2NO4S/c1-21-13-7-9(6-12(16)14(13)18)8-17-22(19,20)11-4-2-10(15)3-5-11/h2-8,18H,1H3/b17-8+. The first-order valence-corrected chi connectivity index (χ1v) is 8.98. The van der Waals surface area contributed by atoms with E-state index in [1.165, 1.54) is 31.5 Å². The Morgan fingerprint density at radius 2 is 1.82 bits per heavy atom. The maximum atomic E-state index is 12.1. The number of hydrogen-bond acceptors (Lipinski definition) is 4. The summed E-state index contributed by atoms with van der Waals surface area (Å²) in [5, 5.41) is 9.72. The second-order valence-corrected chi connectivity index (χ2v) is 7.62. The van der Waals surface area contributed by atoms with Gasteiger partial charge in [0.05, 0.1) is 16.5 Å². The van der Waals surface area contributed by atoms with E-state index in [0.717, 1.165) is 4.47 Å². The molecule has 0 radical (unpaired) electrons. The zero-order valence-corrected chi connectivity index (χ0v) is 15.3. The summed E-state index contributed by atoms with van der Waals surface area (Å²) in [5.41, 5.74) is 0.474. The first-order valence-electron chi connectivity index (χ1n) is 5.96. The molecule has 0 aliphatic carbocycles. The van der Waals surface area contributed by atoms with Crippen LogP contribution in [0.2, 0.25) is 0 Å². The van der Waals surface area contributed by atoms with Crippen LogP contribution in [0.15, 0.2) is 54.6 Å². The number of rotatable bonds is 4. The van der Waals surface area contributed by atoms with Gasteiger partial charge in [0, 0.05) is 10.7 Å². The highest BCUT2D eigenvalue weighted by molar-refractivity contribution is 9.10. The van der Waals surface area contributed by atoms with Crippen molar-refractivity contribution in [3.63, 3.8) is 0 Å². The van der Waals surface area contributed by atoms with Crippen LogP contribution >= 0.6 is 31.9 Å². The summed E-state index contributed by atoms with van der Waals surface area (Å²) in [6.45, 7) is 0. The van der Waals surface area contributed by atoms with Crippen molar-refractivity contribution < 1.29 is 18.3 Å². The molecule has 0 saturated carbocycles. The van der Waals surface area contributed by atoms with E-state index in [9.17, 15) is 13.5 Å². The average Bonchev–Trinajstić information content (AvgIpc) is 2.49. The van der Waals surface area contributed by atoms with Crippen LogP contribution in [0.25, 0.3) is 0 Å². The van der Waals surface area contributed by atoms with Crippen molar-refractivity contribution in [2.45, 2.75) is 4.90 Å². The van der Waals surface area contributed by atoms with Gasteiger partial charge in [0.2, 0.25) is 0 Å². The predicted octanol–water partition coefficient (Wildman–Crippen LogP) is 3.73. The molecule has 0 spiro atoms. The molecule has 0 atom stereocenters. The van der Waals surface area contributed by atoms with Crippen molar-refractivity contribution in [3.8, 4) is 11.5 Å². The highest BCUT2D eigenvalue weighted by Gasteiger charge is 2.12. The van der Waals surface area contributed by atoms with E-state index in [1.807, 2.05) is 0 Å². The topological polar surface area (TPSA) is 76.0 Å². The van der Waals surface area contributed by atoms with E-state index in [2.05, 4.69) is 36.3 Å². The first kappa shape index (κ1) is 17.0. The number of methoxy groups -OCH3 is 1. The van der Waals surface area contributed by atoms with Crippen LogP contribution in [-0.4, -0.2) is 26.8 Å². The Labute approximate surface area is 145 Å². The second kappa shape index (κ2) is 6.80. The van der Waals surface area contributed by atoms with Gasteiger partial charge in [0.25, 0.3) is 10.0 Å². The fourth-order valence-electron chi connectivity index (χ4n) is 1.62. The lowest BCUT2D eigenvalue weighted by Gasteiger charge is -2.06. The van der Waals surface area contributed by atoms with E-state index in [0.29, 0.717) is 10.0 Å². The van der Waals surface area contributed by atoms with Crippen LogP contribution in [0.3, 0.4) is 0 Å². The molecule has 2 aromatic carbocycles. The van der Waals surface area contributed by atoms with Gasteiger partial charge >= 0.3 is 0 Å². The average molecular weight is 449 g/mol. The van der Waals surface area contributed by atoms with Gasteiger partial charge in [0.1, 0.15) is 0 Å². The molecule has 5 nitrogen and oxygen atoms in total. The number of hydrogen-bond donors (Lipinski definition) is 1. The summed E-state index contributed by atoms with van der Waals surface area (Å²) < 4.78 is 34.0. The van der Waals surface area contributed by atoms with Gasteiger partial charge in [0.15, 0.2) is 11.5 Å². The highest BCUT2D eigenvalue weighted by Crippen LogP contribution is 2.34. The molecule has 0 heterocycles. The minimum absolute atomic E-state index is 0.0598. The zero-order chi connectivity index (χ0) is 16.3. The molecule has 2 aromatic rings. The van der Waals surface area contributed by atoms with Gasteiger partial charge in [-0.1, -0.05) is 15.9 Å². The van der Waals surface area contributed by atoms with Gasteiger partial charge in [-0.25, -0.2) is 0 Å². The second-order valence-electron chi connectivity index (χ2n) is 4.22. The van der Waals surface area contributed by atoms with Gasteiger partial charge < -0.3 is 9.84 Å². The molecule has 22 heavy (non-hydrogen) atoms. The predicted molar refractivity (Wildman–Crippen MR) is 91.3 cm³/mol. The number of phenolic OH excluding ortho intramolecular Hbond substituents is 1. The normalized spacial score (nSPS) is 11.8. The molecule has 1 N–H and O–H groups in total. The van der Waals surface area contributed by atoms with E-state index in [4.69, 9.17) is 4.74 Å². The van der Waals surface area contributed by atoms with E-state index in [1.54, 1.807) is 18.2 Å². The van der Waals surface area contributed by atoms with E-state index >= 15 is 0 Å². The Hall–Kier alpha value is -1.38. The lowest BCUT2D eigenvalue weighted by atomic mass is 10.2. The first-order chi connectivity index (χ1) is 10.3. The molecule has 116 valence electrons. The smallest absolute Gasteiger partial charge is 0.282 e. The van der Waals surface area contributed by atoms with Gasteiger partial charge in [-0.2, -0.15) is 12.8 Å². The molecule has 0 bridgehead atoms. The van der Waals surface area contributed by atoms with Crippen LogP contribution in [-0.2, 0) is 10.0 Å². The molecule has 0 amide bonds. The maximum Gasteiger partial charge on any atom is 0.282 e. The Kier molecular flexibility index (Phi) is 5.25. The Morgan fingerprint density at radius 1 is 1.18 bits per heavy atom. The third-order valence-corrected chi connectivity index (χ3v) is 5.11. The van der Waals surface area contributed by atoms with Crippen molar-refractivity contribution in [1.29, 1.82) is 0 Å². The zero-order valence-electron chi connectivity index (χ0n) is 11.3. The van der Waals surface area contributed by atoms with Crippen LogP contribution in [0.4, 0.5) is 0 Å². The third-order valence-electron chi connectivity index (χ3n) is 2.72. The van der Waals surface area contributed by atoms with Crippen LogP contribution in [0.1, 0.15) is 5.56 Å². The van der Waals surface area contributed by atoms with Crippen LogP contribution in [0, 0.1) is 0 Å². The molecular weight excluding hydrogens is 438 g/mol. The van der Waals surface area contributed by atoms with E-state index < -0.39 is 10.0 Å². The van der Waals surface area contributed by atoms with Gasteiger partial charge in [-0.15, -0.1) is 0 Å². The SMILES string of the molecule is COc1cc(/C=N/S(=O)(=O)c2ccc(Br)cc2)cc(Br)c1O. The van der Waals surface area contributed by atoms with E-state index in [-0.39, 0.29) is 16.4 Å². The summed E-state index contributed by atoms with van der Waals surface area (Å²) in [6, 6.07) is 9.21. The fraction of sp³-hybridized carbons (Fsp3) is 0.0714. The minimum Gasteiger partial charge on any atom is -0.503 e. The lowest BCUT2D eigenvalue weighted by Crippen LogP contribution is -1.98. The molecular formula is C14H11Br2NO4S. The number of sulfonamides is 1. The third kappa shape index (κ3) is 3.88. The lowest BCUT2D eigenvalue weighted by molar-refractivity contribution is 0.372. The quantitative estimate of drug-likeness (QED) is 0.723. The number of ether oxygens (including phenoxy) is 1. The molecule has 0 aliphatic rings. The fourth-order valence-corrected chi connectivity index (χ4v) is 3.21. The molecule has 2 rings (SSSR count). The Morgan fingerprint density at radius 3 is 2.41 bits per heavy atom.